The molecule has 0 bridgehead atoms. The maximum Gasteiger partial charge on any atom is 0.321 e. The van der Waals surface area contributed by atoms with Gasteiger partial charge in [-0.05, 0) is 52.5 Å². The molecule has 6 heteroatoms. The first kappa shape index (κ1) is 30.5. The lowest BCUT2D eigenvalue weighted by atomic mass is 10.2. The predicted octanol–water partition coefficient (Wildman–Crippen LogP) is 7.14. The minimum absolute atomic E-state index is 0.281. The van der Waals surface area contributed by atoms with Crippen LogP contribution in [0.2, 0.25) is 32.2 Å². The second kappa shape index (κ2) is 18.1. The Balaban J connectivity index is 0. The van der Waals surface area contributed by atoms with Crippen LogP contribution in [0, 0.1) is 0 Å². The van der Waals surface area contributed by atoms with Crippen LogP contribution in [-0.2, 0) is 18.0 Å². The summed E-state index contributed by atoms with van der Waals surface area (Å²) in [6.45, 7) is 24.4. The third kappa shape index (κ3) is 24.3. The van der Waals surface area contributed by atoms with E-state index < -0.39 is 16.9 Å². The number of unbranched alkanes of at least 4 members (excludes halogenated alkanes) is 3. The zero-order chi connectivity index (χ0) is 22.1. The topological polar surface area (TPSA) is 40.2 Å². The molecular formula is C22H52O4Si2. The summed E-state index contributed by atoms with van der Waals surface area (Å²) in [7, 11) is -3.35. The Morgan fingerprint density at radius 1 is 0.893 bits per heavy atom. The van der Waals surface area contributed by atoms with Crippen LogP contribution >= 0.6 is 0 Å². The Bertz CT molecular complexity index is 328. The molecule has 0 aromatic heterocycles. The van der Waals surface area contributed by atoms with Gasteiger partial charge in [0.15, 0.2) is 8.32 Å². The molecular weight excluding hydrogens is 384 g/mol. The van der Waals surface area contributed by atoms with Crippen LogP contribution in [0.4, 0.5) is 0 Å². The third-order valence-corrected chi connectivity index (χ3v) is 10.8. The molecule has 4 nitrogen and oxygen atoms in total. The monoisotopic (exact) mass is 436 g/mol. The summed E-state index contributed by atoms with van der Waals surface area (Å²) in [4.78, 5) is 0. The van der Waals surface area contributed by atoms with Gasteiger partial charge in [-0.15, -0.1) is 0 Å². The maximum atomic E-state index is 6.23. The molecule has 1 heterocycles. The molecule has 172 valence electrons. The van der Waals surface area contributed by atoms with Crippen molar-refractivity contribution in [1.82, 2.24) is 0 Å². The van der Waals surface area contributed by atoms with E-state index in [1.807, 2.05) is 0 Å². The molecule has 1 saturated heterocycles. The van der Waals surface area contributed by atoms with Gasteiger partial charge in [0.1, 0.15) is 6.10 Å². The average Bonchev–Trinajstić information content (AvgIpc) is 3.36. The highest BCUT2D eigenvalue weighted by molar-refractivity contribution is 6.82. The lowest BCUT2D eigenvalue weighted by Crippen LogP contribution is -2.47. The first-order valence-corrected chi connectivity index (χ1v) is 17.5. The van der Waals surface area contributed by atoms with Crippen LogP contribution in [0.25, 0.3) is 0 Å². The van der Waals surface area contributed by atoms with Crippen molar-refractivity contribution >= 4 is 16.9 Å². The summed E-state index contributed by atoms with van der Waals surface area (Å²) < 4.78 is 22.2. The van der Waals surface area contributed by atoms with Crippen molar-refractivity contribution in [2.75, 3.05) is 19.8 Å². The van der Waals surface area contributed by atoms with E-state index in [2.05, 4.69) is 67.7 Å². The molecule has 0 radical (unpaired) electrons. The smallest absolute Gasteiger partial charge is 0.321 e. The lowest BCUT2D eigenvalue weighted by Gasteiger charge is -2.34. The van der Waals surface area contributed by atoms with Crippen LogP contribution in [0.15, 0.2) is 0 Å². The summed E-state index contributed by atoms with van der Waals surface area (Å²) >= 11 is 0. The van der Waals surface area contributed by atoms with Gasteiger partial charge in [0.05, 0.1) is 13.2 Å². The van der Waals surface area contributed by atoms with Crippen molar-refractivity contribution in [1.29, 1.82) is 0 Å². The molecule has 1 rings (SSSR count). The van der Waals surface area contributed by atoms with Gasteiger partial charge in [0.2, 0.25) is 0 Å². The van der Waals surface area contributed by atoms with Crippen LogP contribution in [0.3, 0.4) is 0 Å². The highest BCUT2D eigenvalue weighted by atomic mass is 28.4. The largest absolute Gasteiger partial charge is 0.436 e. The van der Waals surface area contributed by atoms with Gasteiger partial charge in [0.25, 0.3) is 0 Å². The van der Waals surface area contributed by atoms with Gasteiger partial charge in [0, 0.05) is 12.7 Å². The summed E-state index contributed by atoms with van der Waals surface area (Å²) in [5.41, 5.74) is 0. The number of ether oxygens (including phenoxy) is 2. The van der Waals surface area contributed by atoms with E-state index >= 15 is 0 Å². The number of hydrogen-bond donors (Lipinski definition) is 0. The molecule has 0 N–H and O–H groups in total. The molecule has 0 amide bonds. The Morgan fingerprint density at radius 3 is 1.79 bits per heavy atom. The maximum absolute atomic E-state index is 6.23. The van der Waals surface area contributed by atoms with Gasteiger partial charge >= 0.3 is 8.56 Å². The number of epoxide rings is 1. The Kier molecular flexibility index (Phi) is 19.7. The standard InChI is InChI=1S/C10H26O2Si2.C6H12O2.C6H14/c1-8-9-13(4,5)12-14(6,7)11-10(2)3;1-2-3-7-4-6-5-8-6;1-3-5-6-4-2/h10H,8-9H2,1-7H3;6H,2-5H2,1H3;3-6H2,1-2H3. The van der Waals surface area contributed by atoms with Crippen molar-refractivity contribution in [3.8, 4) is 0 Å². The molecule has 0 aliphatic carbocycles. The van der Waals surface area contributed by atoms with Crippen molar-refractivity contribution in [3.63, 3.8) is 0 Å². The van der Waals surface area contributed by atoms with Crippen molar-refractivity contribution in [2.24, 2.45) is 0 Å². The van der Waals surface area contributed by atoms with Gasteiger partial charge in [-0.1, -0.05) is 59.8 Å². The third-order valence-electron chi connectivity index (χ3n) is 3.91. The first-order valence-electron chi connectivity index (χ1n) is 11.6. The molecule has 0 saturated carbocycles. The lowest BCUT2D eigenvalue weighted by molar-refractivity contribution is 0.117. The average molecular weight is 437 g/mol. The zero-order valence-electron chi connectivity index (χ0n) is 20.9. The number of rotatable bonds is 13. The molecule has 0 spiro atoms. The summed E-state index contributed by atoms with van der Waals surface area (Å²) in [5.74, 6) is 0. The molecule has 0 aromatic rings. The minimum Gasteiger partial charge on any atom is -0.436 e. The molecule has 1 aliphatic rings. The summed E-state index contributed by atoms with van der Waals surface area (Å²) in [6.07, 6.45) is 8.57. The molecule has 0 aromatic carbocycles. The van der Waals surface area contributed by atoms with E-state index in [4.69, 9.17) is 18.0 Å². The molecule has 1 aliphatic heterocycles. The molecule has 28 heavy (non-hydrogen) atoms. The second-order valence-corrected chi connectivity index (χ2v) is 16.8. The van der Waals surface area contributed by atoms with E-state index in [0.717, 1.165) is 26.2 Å². The SMILES string of the molecule is CCCCCC.CCCOCC1CO1.CCC[Si](C)(C)O[Si](C)(C)OC(C)C. The van der Waals surface area contributed by atoms with Crippen LogP contribution in [-0.4, -0.2) is 48.9 Å². The van der Waals surface area contributed by atoms with Crippen LogP contribution < -0.4 is 0 Å². The second-order valence-electron chi connectivity index (χ2n) is 8.92. The fraction of sp³-hybridized carbons (Fsp3) is 1.00. The molecule has 1 atom stereocenters. The van der Waals surface area contributed by atoms with Gasteiger partial charge in [-0.2, -0.15) is 0 Å². The van der Waals surface area contributed by atoms with Gasteiger partial charge in [-0.3, -0.25) is 0 Å². The van der Waals surface area contributed by atoms with Crippen molar-refractivity contribution in [3.05, 3.63) is 0 Å². The van der Waals surface area contributed by atoms with Gasteiger partial charge in [-0.25, -0.2) is 0 Å². The normalized spacial score (nSPS) is 16.2. The highest BCUT2D eigenvalue weighted by Crippen LogP contribution is 2.21. The van der Waals surface area contributed by atoms with Crippen molar-refractivity contribution < 1.29 is 18.0 Å². The fourth-order valence-corrected chi connectivity index (χ4v) is 11.2. The summed E-state index contributed by atoms with van der Waals surface area (Å²) in [6, 6.07) is 1.23. The Hall–Kier alpha value is 0.274. The Morgan fingerprint density at radius 2 is 1.43 bits per heavy atom. The zero-order valence-corrected chi connectivity index (χ0v) is 22.9. The van der Waals surface area contributed by atoms with Gasteiger partial charge < -0.3 is 18.0 Å². The minimum atomic E-state index is -1.88. The van der Waals surface area contributed by atoms with E-state index in [1.165, 1.54) is 38.1 Å². The molecule has 1 unspecified atom stereocenters. The first-order chi connectivity index (χ1) is 13.0. The Labute approximate surface area is 179 Å². The van der Waals surface area contributed by atoms with E-state index in [0.29, 0.717) is 6.10 Å². The molecule has 1 fully saturated rings. The van der Waals surface area contributed by atoms with E-state index in [-0.39, 0.29) is 6.10 Å². The van der Waals surface area contributed by atoms with Crippen LogP contribution in [0.5, 0.6) is 0 Å². The summed E-state index contributed by atoms with van der Waals surface area (Å²) in [5, 5.41) is 0. The fourth-order valence-electron chi connectivity index (χ4n) is 2.93. The van der Waals surface area contributed by atoms with E-state index in [9.17, 15) is 0 Å². The number of hydrogen-bond acceptors (Lipinski definition) is 4. The van der Waals surface area contributed by atoms with Crippen LogP contribution in [0.1, 0.15) is 80.1 Å². The predicted molar refractivity (Wildman–Crippen MR) is 128 cm³/mol. The highest BCUT2D eigenvalue weighted by Gasteiger charge is 2.34. The van der Waals surface area contributed by atoms with Crippen molar-refractivity contribution in [2.45, 2.75) is 125 Å². The quantitative estimate of drug-likeness (QED) is 0.175. The van der Waals surface area contributed by atoms with E-state index in [1.54, 1.807) is 0 Å².